The maximum absolute atomic E-state index is 13.0. The van der Waals surface area contributed by atoms with E-state index in [1.54, 1.807) is 38.4 Å². The average Bonchev–Trinajstić information content (AvgIpc) is 2.94. The number of pyridine rings is 1. The summed E-state index contributed by atoms with van der Waals surface area (Å²) in [5.41, 5.74) is 1.97. The van der Waals surface area contributed by atoms with Gasteiger partial charge in [-0.1, -0.05) is 12.1 Å². The van der Waals surface area contributed by atoms with Gasteiger partial charge in [-0.05, 0) is 30.7 Å². The zero-order valence-electron chi connectivity index (χ0n) is 13.7. The highest BCUT2D eigenvalue weighted by Crippen LogP contribution is 2.22. The Morgan fingerprint density at radius 1 is 1.24 bits per heavy atom. The van der Waals surface area contributed by atoms with Crippen LogP contribution in [0.2, 0.25) is 0 Å². The zero-order chi connectivity index (χ0) is 18.0. The van der Waals surface area contributed by atoms with Gasteiger partial charge in [0, 0.05) is 25.7 Å². The van der Waals surface area contributed by atoms with Gasteiger partial charge in [0.2, 0.25) is 5.56 Å². The second kappa shape index (κ2) is 6.98. The Morgan fingerprint density at radius 2 is 1.96 bits per heavy atom. The Bertz CT molecular complexity index is 977. The number of nitrogens with zero attached hydrogens (tertiary/aromatic N) is 2. The summed E-state index contributed by atoms with van der Waals surface area (Å²) in [4.78, 5) is 28.8. The molecule has 25 heavy (non-hydrogen) atoms. The second-order valence-corrected chi connectivity index (χ2v) is 6.73. The van der Waals surface area contributed by atoms with Gasteiger partial charge >= 0.3 is 0 Å². The fourth-order valence-corrected chi connectivity index (χ4v) is 3.37. The molecule has 2 aromatic heterocycles. The van der Waals surface area contributed by atoms with Crippen LogP contribution in [0, 0.1) is 12.7 Å². The summed E-state index contributed by atoms with van der Waals surface area (Å²) in [6.07, 6.45) is 2.11. The number of nitrogens with one attached hydrogen (secondary N) is 1. The molecule has 7 heteroatoms. The number of hydrogen-bond donors (Lipinski definition) is 1. The van der Waals surface area contributed by atoms with Gasteiger partial charge in [0.25, 0.3) is 5.91 Å². The first-order chi connectivity index (χ1) is 11.9. The minimum atomic E-state index is -0.281. The number of hydrogen-bond acceptors (Lipinski definition) is 4. The first kappa shape index (κ1) is 17.0. The molecule has 1 N–H and O–H groups in total. The fraction of sp³-hybridized carbons (Fsp3) is 0.167. The van der Waals surface area contributed by atoms with Crippen molar-refractivity contribution in [2.75, 3.05) is 5.32 Å². The number of benzene rings is 1. The first-order valence-corrected chi connectivity index (χ1v) is 8.43. The van der Waals surface area contributed by atoms with E-state index in [2.05, 4.69) is 10.3 Å². The van der Waals surface area contributed by atoms with Crippen molar-refractivity contribution in [2.24, 2.45) is 7.05 Å². The Hall–Kier alpha value is -2.80. The van der Waals surface area contributed by atoms with Gasteiger partial charge in [0.05, 0.1) is 16.4 Å². The molecule has 0 spiro atoms. The number of rotatable bonds is 4. The summed E-state index contributed by atoms with van der Waals surface area (Å²) in [7, 11) is 1.62. The van der Waals surface area contributed by atoms with E-state index in [1.165, 1.54) is 34.1 Å². The van der Waals surface area contributed by atoms with E-state index in [1.807, 2.05) is 0 Å². The van der Waals surface area contributed by atoms with Crippen LogP contribution < -0.4 is 10.9 Å². The van der Waals surface area contributed by atoms with Crippen molar-refractivity contribution in [3.8, 4) is 0 Å². The quantitative estimate of drug-likeness (QED) is 0.780. The Balaban J connectivity index is 1.76. The molecule has 0 atom stereocenters. The molecule has 3 rings (SSSR count). The lowest BCUT2D eigenvalue weighted by molar-refractivity contribution is 0.102. The molecule has 0 aliphatic heterocycles. The van der Waals surface area contributed by atoms with Gasteiger partial charge in [0.1, 0.15) is 10.7 Å². The molecule has 0 saturated heterocycles. The Kier molecular flexibility index (Phi) is 4.76. The molecule has 0 radical (unpaired) electrons. The van der Waals surface area contributed by atoms with E-state index < -0.39 is 0 Å². The van der Waals surface area contributed by atoms with Crippen molar-refractivity contribution in [3.05, 3.63) is 79.9 Å². The van der Waals surface area contributed by atoms with E-state index in [9.17, 15) is 14.0 Å². The molecule has 2 heterocycles. The smallest absolute Gasteiger partial charge is 0.267 e. The number of carbonyl (C=O) groups excluding carboxylic acids is 1. The molecule has 5 nitrogen and oxygen atoms in total. The predicted molar refractivity (Wildman–Crippen MR) is 95.7 cm³/mol. The van der Waals surface area contributed by atoms with Gasteiger partial charge in [-0.2, -0.15) is 0 Å². The number of aryl methyl sites for hydroxylation is 2. The maximum Gasteiger partial charge on any atom is 0.267 e. The normalized spacial score (nSPS) is 10.7. The highest BCUT2D eigenvalue weighted by molar-refractivity contribution is 7.14. The molecule has 1 amide bonds. The van der Waals surface area contributed by atoms with Gasteiger partial charge in [-0.25, -0.2) is 9.37 Å². The number of aromatic nitrogens is 2. The van der Waals surface area contributed by atoms with Gasteiger partial charge in [0.15, 0.2) is 0 Å². The standard InChI is InChI=1S/C18H16FN3O2S/c1-11-17(18(24)21-14-7-8-16(23)22(2)10-14)25-15(20-11)9-12-3-5-13(19)6-4-12/h3-8,10H,9H2,1-2H3,(H,21,24). The highest BCUT2D eigenvalue weighted by atomic mass is 32.1. The number of carbonyl (C=O) groups is 1. The summed E-state index contributed by atoms with van der Waals surface area (Å²) in [6.45, 7) is 1.78. The van der Waals surface area contributed by atoms with Crippen LogP contribution in [0.1, 0.15) is 25.9 Å². The third-order valence-corrected chi connectivity index (χ3v) is 4.82. The van der Waals surface area contributed by atoms with Crippen LogP contribution in [-0.2, 0) is 13.5 Å². The minimum Gasteiger partial charge on any atom is -0.320 e. The topological polar surface area (TPSA) is 64.0 Å². The van der Waals surface area contributed by atoms with Crippen LogP contribution >= 0.6 is 11.3 Å². The van der Waals surface area contributed by atoms with Gasteiger partial charge in [-0.3, -0.25) is 9.59 Å². The maximum atomic E-state index is 13.0. The van der Waals surface area contributed by atoms with Crippen molar-refractivity contribution in [3.63, 3.8) is 0 Å². The molecule has 0 unspecified atom stereocenters. The number of anilines is 1. The minimum absolute atomic E-state index is 0.145. The molecule has 0 aliphatic carbocycles. The van der Waals surface area contributed by atoms with E-state index in [0.29, 0.717) is 22.7 Å². The van der Waals surface area contributed by atoms with Crippen LogP contribution in [-0.4, -0.2) is 15.5 Å². The van der Waals surface area contributed by atoms with Crippen molar-refractivity contribution < 1.29 is 9.18 Å². The second-order valence-electron chi connectivity index (χ2n) is 5.65. The van der Waals surface area contributed by atoms with E-state index in [4.69, 9.17) is 0 Å². The van der Waals surface area contributed by atoms with Crippen LogP contribution in [0.15, 0.2) is 47.4 Å². The SMILES string of the molecule is Cc1nc(Cc2ccc(F)cc2)sc1C(=O)Nc1ccc(=O)n(C)c1. The lowest BCUT2D eigenvalue weighted by Gasteiger charge is -2.05. The third kappa shape index (κ3) is 4.00. The van der Waals surface area contributed by atoms with Crippen molar-refractivity contribution in [2.45, 2.75) is 13.3 Å². The lowest BCUT2D eigenvalue weighted by atomic mass is 10.1. The zero-order valence-corrected chi connectivity index (χ0v) is 14.6. The van der Waals surface area contributed by atoms with Crippen molar-refractivity contribution in [1.82, 2.24) is 9.55 Å². The molecule has 3 aromatic rings. The molecule has 0 fully saturated rings. The largest absolute Gasteiger partial charge is 0.320 e. The number of thiazole rings is 1. The molecule has 0 saturated carbocycles. The summed E-state index contributed by atoms with van der Waals surface area (Å²) in [5, 5.41) is 3.56. The van der Waals surface area contributed by atoms with E-state index in [0.717, 1.165) is 10.6 Å². The van der Waals surface area contributed by atoms with E-state index in [-0.39, 0.29) is 17.3 Å². The molecule has 128 valence electrons. The van der Waals surface area contributed by atoms with Crippen LogP contribution in [0.3, 0.4) is 0 Å². The van der Waals surface area contributed by atoms with Crippen LogP contribution in [0.4, 0.5) is 10.1 Å². The Labute approximate surface area is 147 Å². The summed E-state index contributed by atoms with van der Waals surface area (Å²) < 4.78 is 14.4. The predicted octanol–water partition coefficient (Wildman–Crippen LogP) is 3.13. The van der Waals surface area contributed by atoms with Gasteiger partial charge < -0.3 is 9.88 Å². The average molecular weight is 357 g/mol. The lowest BCUT2D eigenvalue weighted by Crippen LogP contribution is -2.17. The highest BCUT2D eigenvalue weighted by Gasteiger charge is 2.16. The van der Waals surface area contributed by atoms with Crippen LogP contribution in [0.5, 0.6) is 0 Å². The van der Waals surface area contributed by atoms with Gasteiger partial charge in [-0.15, -0.1) is 11.3 Å². The first-order valence-electron chi connectivity index (χ1n) is 7.61. The molecular weight excluding hydrogens is 341 g/mol. The van der Waals surface area contributed by atoms with Crippen LogP contribution in [0.25, 0.3) is 0 Å². The van der Waals surface area contributed by atoms with E-state index >= 15 is 0 Å². The molecule has 1 aromatic carbocycles. The summed E-state index contributed by atoms with van der Waals surface area (Å²) >= 11 is 1.31. The Morgan fingerprint density at radius 3 is 2.64 bits per heavy atom. The monoisotopic (exact) mass is 357 g/mol. The van der Waals surface area contributed by atoms with Crippen molar-refractivity contribution >= 4 is 22.9 Å². The van der Waals surface area contributed by atoms with Crippen molar-refractivity contribution in [1.29, 1.82) is 0 Å². The molecule has 0 aliphatic rings. The summed E-state index contributed by atoms with van der Waals surface area (Å²) in [6, 6.07) is 9.18. The molecular formula is C18H16FN3O2S. The summed E-state index contributed by atoms with van der Waals surface area (Å²) in [5.74, 6) is -0.546. The number of amides is 1. The third-order valence-electron chi connectivity index (χ3n) is 3.66. The molecule has 0 bridgehead atoms. The number of halogens is 1. The fourth-order valence-electron chi connectivity index (χ4n) is 2.37.